The minimum atomic E-state index is 0.871. The fourth-order valence-corrected chi connectivity index (χ4v) is 1.26. The number of hydrogen-bond acceptors (Lipinski definition) is 3. The zero-order valence-electron chi connectivity index (χ0n) is 6.90. The molecule has 0 fully saturated rings. The molecular weight excluding hydrogens is 168 g/mol. The number of rotatable bonds is 3. The van der Waals surface area contributed by atoms with Crippen LogP contribution >= 0.6 is 11.8 Å². The summed E-state index contributed by atoms with van der Waals surface area (Å²) in [6.07, 6.45) is 5.50. The number of aromatic nitrogens is 1. The van der Waals surface area contributed by atoms with Crippen molar-refractivity contribution in [3.05, 3.63) is 35.5 Å². The van der Waals surface area contributed by atoms with Gasteiger partial charge in [0.15, 0.2) is 0 Å². The van der Waals surface area contributed by atoms with E-state index in [0.717, 1.165) is 11.3 Å². The van der Waals surface area contributed by atoms with Gasteiger partial charge >= 0.3 is 0 Å². The van der Waals surface area contributed by atoms with Crippen LogP contribution in [0, 0.1) is 0 Å². The number of nitrogens with zero attached hydrogens (tertiary/aromatic N) is 2. The highest BCUT2D eigenvalue weighted by molar-refractivity contribution is 8.01. The first-order valence-corrected chi connectivity index (χ1v) is 4.77. The maximum Gasteiger partial charge on any atom is 0.0772 e. The van der Waals surface area contributed by atoms with E-state index < -0.39 is 0 Å². The second-order valence-corrected chi connectivity index (χ2v) is 2.85. The lowest BCUT2D eigenvalue weighted by Gasteiger charge is -1.98. The van der Waals surface area contributed by atoms with Crippen molar-refractivity contribution in [1.29, 1.82) is 0 Å². The fraction of sp³-hybridized carbons (Fsp3) is 0.111. The lowest BCUT2D eigenvalue weighted by molar-refractivity contribution is 1.30. The highest BCUT2D eigenvalue weighted by atomic mass is 32.2. The van der Waals surface area contributed by atoms with Gasteiger partial charge in [0, 0.05) is 18.0 Å². The van der Waals surface area contributed by atoms with E-state index in [9.17, 15) is 0 Å². The molecule has 1 aromatic heterocycles. The van der Waals surface area contributed by atoms with E-state index in [1.165, 1.54) is 0 Å². The molecule has 0 radical (unpaired) electrons. The third kappa shape index (κ3) is 2.20. The van der Waals surface area contributed by atoms with Crippen molar-refractivity contribution < 1.29 is 0 Å². The third-order valence-electron chi connectivity index (χ3n) is 1.36. The summed E-state index contributed by atoms with van der Waals surface area (Å²) in [5.41, 5.74) is 1.87. The maximum atomic E-state index is 4.00. The minimum Gasteiger partial charge on any atom is -0.264 e. The van der Waals surface area contributed by atoms with E-state index in [4.69, 9.17) is 0 Å². The average Bonchev–Trinajstić information content (AvgIpc) is 2.15. The van der Waals surface area contributed by atoms with Crippen molar-refractivity contribution in [2.24, 2.45) is 4.99 Å². The van der Waals surface area contributed by atoms with Crippen LogP contribution in [0.3, 0.4) is 0 Å². The molecule has 0 atom stereocenters. The van der Waals surface area contributed by atoms with Crippen LogP contribution in [0.25, 0.3) is 5.70 Å². The summed E-state index contributed by atoms with van der Waals surface area (Å²) in [6, 6.07) is 3.85. The monoisotopic (exact) mass is 178 g/mol. The van der Waals surface area contributed by atoms with Crippen LogP contribution in [0.1, 0.15) is 5.56 Å². The Balaban J connectivity index is 2.96. The lowest BCUT2D eigenvalue weighted by atomic mass is 10.2. The Morgan fingerprint density at radius 3 is 3.08 bits per heavy atom. The first kappa shape index (κ1) is 9.00. The van der Waals surface area contributed by atoms with Crippen LogP contribution < -0.4 is 0 Å². The van der Waals surface area contributed by atoms with Crippen molar-refractivity contribution in [2.75, 3.05) is 6.26 Å². The summed E-state index contributed by atoms with van der Waals surface area (Å²) in [5.74, 6) is 0. The molecule has 0 aromatic carbocycles. The molecule has 0 aliphatic rings. The van der Waals surface area contributed by atoms with Gasteiger partial charge in [-0.3, -0.25) is 9.98 Å². The number of aliphatic imine (C=N–C) groups is 1. The summed E-state index contributed by atoms with van der Waals surface area (Å²) in [4.78, 5) is 7.90. The zero-order valence-corrected chi connectivity index (χ0v) is 7.71. The predicted octanol–water partition coefficient (Wildman–Crippen LogP) is 2.44. The summed E-state index contributed by atoms with van der Waals surface area (Å²) >= 11 is 1.61. The quantitative estimate of drug-likeness (QED) is 0.664. The Bertz CT molecular complexity index is 280. The van der Waals surface area contributed by atoms with E-state index >= 15 is 0 Å². The summed E-state index contributed by atoms with van der Waals surface area (Å²) < 4.78 is 0. The number of pyridine rings is 1. The molecule has 0 aliphatic heterocycles. The van der Waals surface area contributed by atoms with Gasteiger partial charge in [-0.05, 0) is 30.5 Å². The Hall–Kier alpha value is -1.09. The molecule has 1 heterocycles. The maximum absolute atomic E-state index is 4.00. The molecule has 1 rings (SSSR count). The molecule has 1 aromatic rings. The molecule has 62 valence electrons. The second kappa shape index (κ2) is 4.72. The SMILES string of the molecule is C=N/C(=C\SC)c1cccnc1. The molecule has 12 heavy (non-hydrogen) atoms. The molecule has 0 saturated carbocycles. The molecule has 2 nitrogen and oxygen atoms in total. The smallest absolute Gasteiger partial charge is 0.0772 e. The van der Waals surface area contributed by atoms with Gasteiger partial charge in [-0.1, -0.05) is 0 Å². The van der Waals surface area contributed by atoms with Gasteiger partial charge in [0.2, 0.25) is 0 Å². The molecule has 0 saturated heterocycles. The van der Waals surface area contributed by atoms with Crippen LogP contribution in [-0.2, 0) is 0 Å². The number of thioether (sulfide) groups is 1. The summed E-state index contributed by atoms with van der Waals surface area (Å²) in [6.45, 7) is 3.50. The Labute approximate surface area is 76.4 Å². The van der Waals surface area contributed by atoms with Crippen molar-refractivity contribution in [1.82, 2.24) is 4.98 Å². The summed E-state index contributed by atoms with van der Waals surface area (Å²) in [5, 5.41) is 1.95. The van der Waals surface area contributed by atoms with Crippen molar-refractivity contribution >= 4 is 24.2 Å². The predicted molar refractivity (Wildman–Crippen MR) is 55.3 cm³/mol. The highest BCUT2D eigenvalue weighted by Gasteiger charge is 1.95. The van der Waals surface area contributed by atoms with E-state index in [2.05, 4.69) is 16.7 Å². The molecule has 3 heteroatoms. The average molecular weight is 178 g/mol. The van der Waals surface area contributed by atoms with Gasteiger partial charge in [0.05, 0.1) is 5.70 Å². The summed E-state index contributed by atoms with van der Waals surface area (Å²) in [7, 11) is 0. The molecule has 0 amide bonds. The first-order valence-electron chi connectivity index (χ1n) is 3.48. The van der Waals surface area contributed by atoms with Gasteiger partial charge in [-0.2, -0.15) is 0 Å². The zero-order chi connectivity index (χ0) is 8.81. The Morgan fingerprint density at radius 2 is 2.58 bits per heavy atom. The van der Waals surface area contributed by atoms with Gasteiger partial charge in [-0.25, -0.2) is 0 Å². The van der Waals surface area contributed by atoms with E-state index in [0.29, 0.717) is 0 Å². The molecule has 0 unspecified atom stereocenters. The van der Waals surface area contributed by atoms with Crippen LogP contribution in [0.15, 0.2) is 34.9 Å². The van der Waals surface area contributed by atoms with Gasteiger partial charge in [0.1, 0.15) is 0 Å². The molecular formula is C9H10N2S. The molecule has 0 spiro atoms. The first-order chi connectivity index (χ1) is 5.88. The lowest BCUT2D eigenvalue weighted by Crippen LogP contribution is -1.80. The number of hydrogen-bond donors (Lipinski definition) is 0. The Kier molecular flexibility index (Phi) is 3.54. The highest BCUT2D eigenvalue weighted by Crippen LogP contribution is 2.16. The van der Waals surface area contributed by atoms with Crippen LogP contribution in [0.5, 0.6) is 0 Å². The van der Waals surface area contributed by atoms with Gasteiger partial charge < -0.3 is 0 Å². The normalized spacial score (nSPS) is 11.2. The van der Waals surface area contributed by atoms with Gasteiger partial charge in [0.25, 0.3) is 0 Å². The molecule has 0 aliphatic carbocycles. The van der Waals surface area contributed by atoms with Crippen LogP contribution in [0.4, 0.5) is 0 Å². The van der Waals surface area contributed by atoms with Crippen molar-refractivity contribution in [3.8, 4) is 0 Å². The van der Waals surface area contributed by atoms with Crippen LogP contribution in [-0.4, -0.2) is 18.0 Å². The van der Waals surface area contributed by atoms with E-state index in [1.54, 1.807) is 24.2 Å². The van der Waals surface area contributed by atoms with Crippen molar-refractivity contribution in [2.45, 2.75) is 0 Å². The van der Waals surface area contributed by atoms with Gasteiger partial charge in [-0.15, -0.1) is 11.8 Å². The van der Waals surface area contributed by atoms with Crippen molar-refractivity contribution in [3.63, 3.8) is 0 Å². The van der Waals surface area contributed by atoms with E-state index in [1.807, 2.05) is 23.8 Å². The van der Waals surface area contributed by atoms with Crippen LogP contribution in [0.2, 0.25) is 0 Å². The third-order valence-corrected chi connectivity index (χ3v) is 1.82. The largest absolute Gasteiger partial charge is 0.264 e. The topological polar surface area (TPSA) is 25.2 Å². The second-order valence-electron chi connectivity index (χ2n) is 2.14. The standard InChI is InChI=1S/C9H10N2S/c1-10-9(7-12-2)8-4-3-5-11-6-8/h3-7H,1H2,2H3/b9-7-. The molecule has 0 bridgehead atoms. The Morgan fingerprint density at radius 1 is 1.75 bits per heavy atom. The fourth-order valence-electron chi connectivity index (χ4n) is 0.823. The van der Waals surface area contributed by atoms with E-state index in [-0.39, 0.29) is 0 Å². The minimum absolute atomic E-state index is 0.871. The molecule has 0 N–H and O–H groups in total.